The van der Waals surface area contributed by atoms with E-state index in [2.05, 4.69) is 5.32 Å². The molecule has 1 aliphatic heterocycles. The standard InChI is InChI=1S/C21H25ClN2O4S/c1-28-19-5-7-20(8-6-19)29(26,27)24-13-10-17(11-14-24)21(25)23-12-9-16-3-2-4-18(22)15-16/h2-8,15,17H,9-14H2,1H3,(H,23,25). The highest BCUT2D eigenvalue weighted by Gasteiger charge is 2.31. The van der Waals surface area contributed by atoms with Crippen molar-refractivity contribution in [1.29, 1.82) is 0 Å². The van der Waals surface area contributed by atoms with E-state index in [0.717, 1.165) is 5.56 Å². The highest BCUT2D eigenvalue weighted by Crippen LogP contribution is 2.25. The first-order valence-electron chi connectivity index (χ1n) is 9.56. The third-order valence-corrected chi connectivity index (χ3v) is 7.27. The van der Waals surface area contributed by atoms with Crippen LogP contribution in [0, 0.1) is 5.92 Å². The number of methoxy groups -OCH3 is 1. The number of halogens is 1. The molecule has 0 radical (unpaired) electrons. The fraction of sp³-hybridized carbons (Fsp3) is 0.381. The maximum absolute atomic E-state index is 12.8. The molecule has 0 aliphatic carbocycles. The summed E-state index contributed by atoms with van der Waals surface area (Å²) in [5.41, 5.74) is 1.07. The Bertz CT molecular complexity index is 939. The van der Waals surface area contributed by atoms with E-state index >= 15 is 0 Å². The number of piperidine rings is 1. The molecular formula is C21H25ClN2O4S. The summed E-state index contributed by atoms with van der Waals surface area (Å²) in [6.45, 7) is 1.20. The first kappa shape index (κ1) is 21.6. The fourth-order valence-electron chi connectivity index (χ4n) is 3.42. The van der Waals surface area contributed by atoms with E-state index in [1.54, 1.807) is 24.3 Å². The molecule has 6 nitrogen and oxygen atoms in total. The number of carbonyl (C=O) groups excluding carboxylic acids is 1. The number of ether oxygens (including phenoxy) is 1. The zero-order valence-corrected chi connectivity index (χ0v) is 17.9. The molecule has 1 fully saturated rings. The van der Waals surface area contributed by atoms with Crippen molar-refractivity contribution in [3.63, 3.8) is 0 Å². The van der Waals surface area contributed by atoms with Gasteiger partial charge in [0.2, 0.25) is 15.9 Å². The molecule has 2 aromatic rings. The van der Waals surface area contributed by atoms with Crippen LogP contribution in [0.15, 0.2) is 53.4 Å². The van der Waals surface area contributed by atoms with Gasteiger partial charge in [0.15, 0.2) is 0 Å². The molecule has 0 bridgehead atoms. The molecule has 0 aromatic heterocycles. The maximum Gasteiger partial charge on any atom is 0.243 e. The van der Waals surface area contributed by atoms with Crippen LogP contribution in [-0.2, 0) is 21.2 Å². The molecule has 1 aliphatic rings. The third kappa shape index (κ3) is 5.50. The van der Waals surface area contributed by atoms with Crippen molar-refractivity contribution in [2.24, 2.45) is 5.92 Å². The number of carbonyl (C=O) groups is 1. The van der Waals surface area contributed by atoms with Crippen LogP contribution in [0.2, 0.25) is 5.02 Å². The quantitative estimate of drug-likeness (QED) is 0.723. The van der Waals surface area contributed by atoms with E-state index in [4.69, 9.17) is 16.3 Å². The van der Waals surface area contributed by atoms with Gasteiger partial charge in [-0.2, -0.15) is 4.31 Å². The lowest BCUT2D eigenvalue weighted by molar-refractivity contribution is -0.126. The monoisotopic (exact) mass is 436 g/mol. The van der Waals surface area contributed by atoms with E-state index in [9.17, 15) is 13.2 Å². The predicted octanol–water partition coefficient (Wildman–Crippen LogP) is 3.11. The number of nitrogens with one attached hydrogen (secondary N) is 1. The summed E-state index contributed by atoms with van der Waals surface area (Å²) < 4.78 is 32.1. The van der Waals surface area contributed by atoms with E-state index in [1.807, 2.05) is 24.3 Å². The average Bonchev–Trinajstić information content (AvgIpc) is 2.74. The largest absolute Gasteiger partial charge is 0.497 e. The molecule has 3 rings (SSSR count). The first-order chi connectivity index (χ1) is 13.9. The van der Waals surface area contributed by atoms with Gasteiger partial charge in [-0.15, -0.1) is 0 Å². The van der Waals surface area contributed by atoms with E-state index in [0.29, 0.717) is 49.7 Å². The molecule has 1 amide bonds. The van der Waals surface area contributed by atoms with E-state index < -0.39 is 10.0 Å². The lowest BCUT2D eigenvalue weighted by atomic mass is 9.97. The second kappa shape index (κ2) is 9.61. The van der Waals surface area contributed by atoms with Gasteiger partial charge in [-0.1, -0.05) is 23.7 Å². The highest BCUT2D eigenvalue weighted by molar-refractivity contribution is 7.89. The maximum atomic E-state index is 12.8. The van der Waals surface area contributed by atoms with Crippen molar-refractivity contribution in [3.05, 3.63) is 59.1 Å². The summed E-state index contributed by atoms with van der Waals surface area (Å²) >= 11 is 5.97. The Kier molecular flexibility index (Phi) is 7.16. The second-order valence-electron chi connectivity index (χ2n) is 7.02. The van der Waals surface area contributed by atoms with Crippen molar-refractivity contribution in [3.8, 4) is 5.75 Å². The van der Waals surface area contributed by atoms with Gasteiger partial charge in [-0.25, -0.2) is 8.42 Å². The summed E-state index contributed by atoms with van der Waals surface area (Å²) in [7, 11) is -2.02. The number of hydrogen-bond acceptors (Lipinski definition) is 4. The molecule has 2 aromatic carbocycles. The molecule has 1 saturated heterocycles. The first-order valence-corrected chi connectivity index (χ1v) is 11.4. The van der Waals surface area contributed by atoms with E-state index in [1.165, 1.54) is 11.4 Å². The molecule has 156 valence electrons. The summed E-state index contributed by atoms with van der Waals surface area (Å²) in [5, 5.41) is 3.63. The Hall–Kier alpha value is -2.09. The lowest BCUT2D eigenvalue weighted by Crippen LogP contribution is -2.43. The van der Waals surface area contributed by atoms with Gasteiger partial charge in [0, 0.05) is 30.6 Å². The van der Waals surface area contributed by atoms with Gasteiger partial charge in [0.05, 0.1) is 12.0 Å². The van der Waals surface area contributed by atoms with Crippen molar-refractivity contribution in [2.45, 2.75) is 24.2 Å². The highest BCUT2D eigenvalue weighted by atomic mass is 35.5. The topological polar surface area (TPSA) is 75.7 Å². The average molecular weight is 437 g/mol. The van der Waals surface area contributed by atoms with Gasteiger partial charge < -0.3 is 10.1 Å². The Morgan fingerprint density at radius 2 is 1.86 bits per heavy atom. The van der Waals surface area contributed by atoms with E-state index in [-0.39, 0.29) is 16.7 Å². The molecule has 1 heterocycles. The molecule has 0 atom stereocenters. The van der Waals surface area contributed by atoms with Crippen molar-refractivity contribution in [2.75, 3.05) is 26.7 Å². The van der Waals surface area contributed by atoms with Crippen LogP contribution in [0.1, 0.15) is 18.4 Å². The number of rotatable bonds is 7. The van der Waals surface area contributed by atoms with Gasteiger partial charge in [-0.05, 0) is 61.2 Å². The van der Waals surface area contributed by atoms with Crippen LogP contribution in [0.5, 0.6) is 5.75 Å². The molecule has 0 spiro atoms. The summed E-state index contributed by atoms with van der Waals surface area (Å²) in [4.78, 5) is 12.7. The van der Waals surface area contributed by atoms with Gasteiger partial charge >= 0.3 is 0 Å². The molecule has 0 unspecified atom stereocenters. The molecule has 29 heavy (non-hydrogen) atoms. The summed E-state index contributed by atoms with van der Waals surface area (Å²) in [6, 6.07) is 13.9. The lowest BCUT2D eigenvalue weighted by Gasteiger charge is -2.30. The SMILES string of the molecule is COc1ccc(S(=O)(=O)N2CCC(C(=O)NCCc3cccc(Cl)c3)CC2)cc1. The zero-order valence-electron chi connectivity index (χ0n) is 16.3. The third-order valence-electron chi connectivity index (χ3n) is 5.12. The molecular weight excluding hydrogens is 412 g/mol. The summed E-state index contributed by atoms with van der Waals surface area (Å²) in [5.74, 6) is 0.419. The van der Waals surface area contributed by atoms with Crippen molar-refractivity contribution >= 4 is 27.5 Å². The molecule has 1 N–H and O–H groups in total. The van der Waals surface area contributed by atoms with Gasteiger partial charge in [0.25, 0.3) is 0 Å². The minimum atomic E-state index is -3.56. The predicted molar refractivity (Wildman–Crippen MR) is 113 cm³/mol. The van der Waals surface area contributed by atoms with Gasteiger partial charge in [-0.3, -0.25) is 4.79 Å². The van der Waals surface area contributed by atoms with Crippen LogP contribution < -0.4 is 10.1 Å². The minimum absolute atomic E-state index is 0.0199. The van der Waals surface area contributed by atoms with Crippen LogP contribution in [0.4, 0.5) is 0 Å². The number of benzene rings is 2. The Morgan fingerprint density at radius 1 is 1.17 bits per heavy atom. The number of nitrogens with zero attached hydrogens (tertiary/aromatic N) is 1. The number of amides is 1. The van der Waals surface area contributed by atoms with Crippen LogP contribution in [0.25, 0.3) is 0 Å². The normalized spacial score (nSPS) is 15.8. The van der Waals surface area contributed by atoms with Crippen LogP contribution in [-0.4, -0.2) is 45.4 Å². The van der Waals surface area contributed by atoms with Crippen LogP contribution in [0.3, 0.4) is 0 Å². The Morgan fingerprint density at radius 3 is 2.48 bits per heavy atom. The number of hydrogen-bond donors (Lipinski definition) is 1. The smallest absolute Gasteiger partial charge is 0.243 e. The zero-order chi connectivity index (χ0) is 20.9. The Labute approximate surface area is 176 Å². The summed E-state index contributed by atoms with van der Waals surface area (Å²) in [6.07, 6.45) is 1.73. The minimum Gasteiger partial charge on any atom is -0.497 e. The van der Waals surface area contributed by atoms with Crippen LogP contribution >= 0.6 is 11.6 Å². The van der Waals surface area contributed by atoms with Crippen molar-refractivity contribution < 1.29 is 17.9 Å². The molecule has 8 heteroatoms. The Balaban J connectivity index is 1.49. The molecule has 0 saturated carbocycles. The number of sulfonamides is 1. The second-order valence-corrected chi connectivity index (χ2v) is 9.40. The van der Waals surface area contributed by atoms with Gasteiger partial charge in [0.1, 0.15) is 5.75 Å². The fourth-order valence-corrected chi connectivity index (χ4v) is 5.10. The van der Waals surface area contributed by atoms with Crippen molar-refractivity contribution in [1.82, 2.24) is 9.62 Å².